The summed E-state index contributed by atoms with van der Waals surface area (Å²) in [6, 6.07) is 0. The zero-order chi connectivity index (χ0) is 17.7. The summed E-state index contributed by atoms with van der Waals surface area (Å²) in [6.45, 7) is 2.14. The second-order valence-electron chi connectivity index (χ2n) is 7.16. The Morgan fingerprint density at radius 2 is 2.28 bits per heavy atom. The van der Waals surface area contributed by atoms with Gasteiger partial charge in [0.25, 0.3) is 5.56 Å². The van der Waals surface area contributed by atoms with Gasteiger partial charge in [-0.2, -0.15) is 4.98 Å². The third-order valence-electron chi connectivity index (χ3n) is 5.07. The molecule has 0 aromatic carbocycles. The van der Waals surface area contributed by atoms with E-state index in [1.165, 1.54) is 0 Å². The van der Waals surface area contributed by atoms with Crippen molar-refractivity contribution in [3.8, 4) is 0 Å². The maximum Gasteiger partial charge on any atom is 0.280 e. The fourth-order valence-corrected chi connectivity index (χ4v) is 3.86. The van der Waals surface area contributed by atoms with Crippen LogP contribution in [0.15, 0.2) is 16.1 Å². The van der Waals surface area contributed by atoms with Crippen LogP contribution in [0, 0.1) is 11.8 Å². The van der Waals surface area contributed by atoms with Crippen LogP contribution in [0.25, 0.3) is 11.2 Å². The molecule has 0 radical (unpaired) electrons. The minimum absolute atomic E-state index is 0.161. The predicted octanol–water partition coefficient (Wildman–Crippen LogP) is 0.645. The summed E-state index contributed by atoms with van der Waals surface area (Å²) >= 11 is 0. The summed E-state index contributed by atoms with van der Waals surface area (Å²) in [5.41, 5.74) is 0.376. The van der Waals surface area contributed by atoms with E-state index in [4.69, 9.17) is 4.74 Å². The average molecular weight is 346 g/mol. The van der Waals surface area contributed by atoms with Crippen molar-refractivity contribution in [2.45, 2.75) is 38.2 Å². The fourth-order valence-electron chi connectivity index (χ4n) is 3.86. The monoisotopic (exact) mass is 346 g/mol. The number of rotatable bonds is 3. The van der Waals surface area contributed by atoms with Gasteiger partial charge in [0.15, 0.2) is 11.2 Å². The van der Waals surface area contributed by atoms with Gasteiger partial charge in [0, 0.05) is 14.1 Å². The molecule has 2 fully saturated rings. The summed E-state index contributed by atoms with van der Waals surface area (Å²) in [7, 11) is 3.67. The van der Waals surface area contributed by atoms with Crippen molar-refractivity contribution in [3.05, 3.63) is 16.7 Å². The second kappa shape index (κ2) is 5.92. The number of fused-ring (bicyclic) bond motifs is 2. The third kappa shape index (κ3) is 2.73. The van der Waals surface area contributed by atoms with Crippen molar-refractivity contribution < 1.29 is 9.84 Å². The molecule has 2 aromatic heterocycles. The molecule has 2 aromatic rings. The average Bonchev–Trinajstić information content (AvgIpc) is 3.21. The Morgan fingerprint density at radius 3 is 3.00 bits per heavy atom. The molecule has 0 spiro atoms. The molecule has 0 bridgehead atoms. The van der Waals surface area contributed by atoms with E-state index in [0.717, 1.165) is 12.8 Å². The molecule has 1 aliphatic heterocycles. The number of hydrogen-bond acceptors (Lipinski definition) is 6. The molecule has 2 aliphatic rings. The maximum absolute atomic E-state index is 12.2. The molecular weight excluding hydrogens is 324 g/mol. The van der Waals surface area contributed by atoms with Crippen LogP contribution in [-0.4, -0.2) is 62.2 Å². The van der Waals surface area contributed by atoms with Gasteiger partial charge >= 0.3 is 0 Å². The number of aromatic amines is 1. The molecule has 5 atom stereocenters. The van der Waals surface area contributed by atoms with Gasteiger partial charge < -0.3 is 14.7 Å². The van der Waals surface area contributed by atoms with Crippen molar-refractivity contribution >= 4 is 23.5 Å². The number of aliphatic hydroxyl groups excluding tert-OH is 1. The Morgan fingerprint density at radius 1 is 1.48 bits per heavy atom. The topological polar surface area (TPSA) is 109 Å². The lowest BCUT2D eigenvalue weighted by Crippen LogP contribution is -2.23. The highest BCUT2D eigenvalue weighted by molar-refractivity contribution is 5.71. The molecule has 25 heavy (non-hydrogen) atoms. The lowest BCUT2D eigenvalue weighted by molar-refractivity contribution is -0.0525. The van der Waals surface area contributed by atoms with Crippen LogP contribution in [0.3, 0.4) is 0 Å². The summed E-state index contributed by atoms with van der Waals surface area (Å²) in [5.74, 6) is 0.946. The zero-order valence-corrected chi connectivity index (χ0v) is 14.5. The highest BCUT2D eigenvalue weighted by atomic mass is 16.5. The van der Waals surface area contributed by atoms with Gasteiger partial charge in [0.2, 0.25) is 5.95 Å². The lowest BCUT2D eigenvalue weighted by atomic mass is 9.95. The van der Waals surface area contributed by atoms with Crippen LogP contribution in [0.5, 0.6) is 0 Å². The first-order valence-electron chi connectivity index (χ1n) is 8.45. The zero-order valence-electron chi connectivity index (χ0n) is 14.5. The minimum atomic E-state index is -0.434. The van der Waals surface area contributed by atoms with E-state index in [9.17, 15) is 9.90 Å². The molecular formula is C16H22N6O3. The Bertz CT molecular complexity index is 856. The number of H-pyrrole nitrogens is 1. The molecule has 3 heterocycles. The first-order valence-corrected chi connectivity index (χ1v) is 8.45. The summed E-state index contributed by atoms with van der Waals surface area (Å²) in [5, 5.41) is 10.2. The van der Waals surface area contributed by atoms with Crippen LogP contribution in [-0.2, 0) is 4.74 Å². The smallest absolute Gasteiger partial charge is 0.280 e. The Labute approximate surface area is 144 Å². The van der Waals surface area contributed by atoms with Gasteiger partial charge in [-0.3, -0.25) is 14.3 Å². The van der Waals surface area contributed by atoms with Crippen LogP contribution in [0.1, 0.15) is 26.0 Å². The van der Waals surface area contributed by atoms with Crippen molar-refractivity contribution in [1.82, 2.24) is 24.4 Å². The van der Waals surface area contributed by atoms with Gasteiger partial charge in [-0.1, -0.05) is 6.92 Å². The van der Waals surface area contributed by atoms with E-state index in [0.29, 0.717) is 17.5 Å². The number of nitrogens with zero attached hydrogens (tertiary/aromatic N) is 5. The third-order valence-corrected chi connectivity index (χ3v) is 5.07. The van der Waals surface area contributed by atoms with Crippen molar-refractivity contribution in [3.63, 3.8) is 0 Å². The summed E-state index contributed by atoms with van der Waals surface area (Å²) in [6.07, 6.45) is 3.82. The highest BCUT2D eigenvalue weighted by Gasteiger charge is 2.48. The molecule has 9 nitrogen and oxygen atoms in total. The van der Waals surface area contributed by atoms with Gasteiger partial charge in [-0.25, -0.2) is 9.98 Å². The number of aromatic nitrogens is 4. The van der Waals surface area contributed by atoms with Gasteiger partial charge in [0.05, 0.1) is 24.9 Å². The largest absolute Gasteiger partial charge is 0.390 e. The van der Waals surface area contributed by atoms with Crippen molar-refractivity contribution in [2.24, 2.45) is 16.8 Å². The van der Waals surface area contributed by atoms with Gasteiger partial charge in [-0.15, -0.1) is 0 Å². The van der Waals surface area contributed by atoms with E-state index in [1.54, 1.807) is 22.1 Å². The van der Waals surface area contributed by atoms with Gasteiger partial charge in [0.1, 0.15) is 6.23 Å². The fraction of sp³-hybridized carbons (Fsp3) is 0.625. The minimum Gasteiger partial charge on any atom is -0.390 e. The first kappa shape index (κ1) is 16.2. The lowest BCUT2D eigenvalue weighted by Gasteiger charge is -2.17. The molecule has 1 saturated heterocycles. The van der Waals surface area contributed by atoms with Crippen LogP contribution in [0.2, 0.25) is 0 Å². The quantitative estimate of drug-likeness (QED) is 0.624. The number of aliphatic hydroxyl groups is 1. The summed E-state index contributed by atoms with van der Waals surface area (Å²) < 4.78 is 7.85. The molecule has 0 unspecified atom stereocenters. The Kier molecular flexibility index (Phi) is 3.84. The van der Waals surface area contributed by atoms with Crippen LogP contribution in [0.4, 0.5) is 5.95 Å². The normalized spacial score (nSPS) is 31.9. The SMILES string of the molecule is C[C@@H]1C[C@@H](O)[C@H]2O[C@H](n3cnc4c(=O)[nH]c(/N=C/N(C)C)nc43)C[C@H]21. The number of imidazole rings is 1. The second-order valence-corrected chi connectivity index (χ2v) is 7.16. The van der Waals surface area contributed by atoms with Crippen molar-refractivity contribution in [1.29, 1.82) is 0 Å². The molecule has 1 aliphatic carbocycles. The number of ether oxygens (including phenoxy) is 1. The van der Waals surface area contributed by atoms with Crippen molar-refractivity contribution in [2.75, 3.05) is 14.1 Å². The summed E-state index contributed by atoms with van der Waals surface area (Å²) in [4.78, 5) is 29.4. The predicted molar refractivity (Wildman–Crippen MR) is 91.8 cm³/mol. The number of aliphatic imine (C=N–C) groups is 1. The Balaban J connectivity index is 1.70. The number of hydrogen-bond donors (Lipinski definition) is 2. The number of nitrogens with one attached hydrogen (secondary N) is 1. The standard InChI is InChI=1S/C16H22N6O3/c1-8-4-10(23)13-9(8)5-11(25-13)22-7-17-12-14(22)19-16(20-15(12)24)18-6-21(2)3/h6-11,13,23H,4-5H2,1-3H3,(H,19,20,24)/b18-6+/t8-,9+,10-,11+,13+/m1/s1. The molecule has 134 valence electrons. The molecule has 0 amide bonds. The van der Waals surface area contributed by atoms with E-state index < -0.39 is 6.10 Å². The molecule has 2 N–H and O–H groups in total. The van der Waals surface area contributed by atoms with E-state index >= 15 is 0 Å². The van der Waals surface area contributed by atoms with Crippen LogP contribution < -0.4 is 5.56 Å². The maximum atomic E-state index is 12.2. The Hall–Kier alpha value is -2.26. The molecule has 1 saturated carbocycles. The van der Waals surface area contributed by atoms with E-state index in [2.05, 4.69) is 26.9 Å². The molecule has 4 rings (SSSR count). The van der Waals surface area contributed by atoms with E-state index in [-0.39, 0.29) is 29.4 Å². The molecule has 9 heteroatoms. The first-order chi connectivity index (χ1) is 11.9. The van der Waals surface area contributed by atoms with E-state index in [1.807, 2.05) is 14.1 Å². The van der Waals surface area contributed by atoms with Gasteiger partial charge in [-0.05, 0) is 24.7 Å². The van der Waals surface area contributed by atoms with Crippen LogP contribution >= 0.6 is 0 Å². The highest BCUT2D eigenvalue weighted by Crippen LogP contribution is 2.46.